The number of benzene rings is 1. The summed E-state index contributed by atoms with van der Waals surface area (Å²) in [5, 5.41) is 0. The van der Waals surface area contributed by atoms with E-state index in [1.54, 1.807) is 23.1 Å². The third-order valence-corrected chi connectivity index (χ3v) is 4.47. The summed E-state index contributed by atoms with van der Waals surface area (Å²) in [4.78, 5) is 14.2. The summed E-state index contributed by atoms with van der Waals surface area (Å²) in [5.41, 5.74) is 0.518. The summed E-state index contributed by atoms with van der Waals surface area (Å²) in [5.74, 6) is 1.07. The van der Waals surface area contributed by atoms with Crippen LogP contribution in [0.15, 0.2) is 18.2 Å². The molecule has 1 atom stereocenters. The van der Waals surface area contributed by atoms with E-state index < -0.39 is 10.0 Å². The van der Waals surface area contributed by atoms with Crippen LogP contribution in [0.1, 0.15) is 23.2 Å². The van der Waals surface area contributed by atoms with Crippen LogP contribution in [0.5, 0.6) is 11.5 Å². The summed E-state index contributed by atoms with van der Waals surface area (Å²) >= 11 is 0. The molecule has 1 saturated heterocycles. The van der Waals surface area contributed by atoms with E-state index in [4.69, 9.17) is 9.47 Å². The summed E-state index contributed by atoms with van der Waals surface area (Å²) in [6.07, 6.45) is 2.63. The normalized spacial score (nSPS) is 21.0. The number of ether oxygens (including phenoxy) is 2. The minimum atomic E-state index is -3.27. The molecule has 3 rings (SSSR count). The van der Waals surface area contributed by atoms with Gasteiger partial charge in [-0.1, -0.05) is 0 Å². The van der Waals surface area contributed by atoms with Crippen molar-refractivity contribution in [3.05, 3.63) is 23.8 Å². The van der Waals surface area contributed by atoms with Crippen molar-refractivity contribution in [2.75, 3.05) is 26.1 Å². The minimum Gasteiger partial charge on any atom is -0.454 e. The second kappa shape index (κ2) is 5.77. The average molecular weight is 326 g/mol. The highest BCUT2D eigenvalue weighted by molar-refractivity contribution is 7.88. The lowest BCUT2D eigenvalue weighted by atomic mass is 10.1. The van der Waals surface area contributed by atoms with Gasteiger partial charge < -0.3 is 14.4 Å². The van der Waals surface area contributed by atoms with Crippen LogP contribution in [0.4, 0.5) is 0 Å². The molecule has 1 N–H and O–H groups in total. The first-order chi connectivity index (χ1) is 10.4. The van der Waals surface area contributed by atoms with Crippen LogP contribution < -0.4 is 14.2 Å². The number of carbonyl (C=O) groups is 1. The second-order valence-electron chi connectivity index (χ2n) is 5.55. The third-order valence-electron chi connectivity index (χ3n) is 3.71. The second-order valence-corrected chi connectivity index (χ2v) is 7.33. The number of amides is 1. The van der Waals surface area contributed by atoms with Gasteiger partial charge in [-0.25, -0.2) is 13.1 Å². The molecule has 0 unspecified atom stereocenters. The Morgan fingerprint density at radius 2 is 2.09 bits per heavy atom. The molecule has 2 aliphatic rings. The van der Waals surface area contributed by atoms with E-state index in [-0.39, 0.29) is 18.7 Å². The van der Waals surface area contributed by atoms with Crippen LogP contribution in [-0.4, -0.2) is 51.4 Å². The molecule has 8 heteroatoms. The molecule has 0 saturated carbocycles. The standard InChI is InChI=1S/C14H18N2O5S/c1-22(18,19)15-11-3-2-6-16(8-11)14(17)10-4-5-12-13(7-10)21-9-20-12/h4-5,7,11,15H,2-3,6,8-9H2,1H3/t11-/m0/s1. The number of nitrogens with zero attached hydrogens (tertiary/aromatic N) is 1. The van der Waals surface area contributed by atoms with Gasteiger partial charge in [0.05, 0.1) is 6.26 Å². The lowest BCUT2D eigenvalue weighted by Crippen LogP contribution is -2.49. The summed E-state index contributed by atoms with van der Waals surface area (Å²) < 4.78 is 35.7. The Kier molecular flexibility index (Phi) is 3.96. The van der Waals surface area contributed by atoms with Gasteiger partial charge in [-0.2, -0.15) is 0 Å². The first-order valence-electron chi connectivity index (χ1n) is 7.08. The smallest absolute Gasteiger partial charge is 0.254 e. The highest BCUT2D eigenvalue weighted by Crippen LogP contribution is 2.33. The Bertz CT molecular complexity index is 688. The molecule has 22 heavy (non-hydrogen) atoms. The monoisotopic (exact) mass is 326 g/mol. The van der Waals surface area contributed by atoms with Gasteiger partial charge in [0.25, 0.3) is 5.91 Å². The number of likely N-dealkylation sites (tertiary alicyclic amines) is 1. The molecule has 0 spiro atoms. The van der Waals surface area contributed by atoms with E-state index in [1.807, 2.05) is 0 Å². The Morgan fingerprint density at radius 1 is 1.32 bits per heavy atom. The molecule has 2 heterocycles. The van der Waals surface area contributed by atoms with E-state index >= 15 is 0 Å². The lowest BCUT2D eigenvalue weighted by Gasteiger charge is -2.32. The van der Waals surface area contributed by atoms with Gasteiger partial charge in [0.1, 0.15) is 0 Å². The third kappa shape index (κ3) is 3.33. The van der Waals surface area contributed by atoms with Crippen molar-refractivity contribution in [3.8, 4) is 11.5 Å². The fraction of sp³-hybridized carbons (Fsp3) is 0.500. The SMILES string of the molecule is CS(=O)(=O)N[C@H]1CCCN(C(=O)c2ccc3c(c2)OCO3)C1. The zero-order valence-electron chi connectivity index (χ0n) is 12.2. The molecule has 0 aliphatic carbocycles. The van der Waals surface area contributed by atoms with Crippen LogP contribution in [0.3, 0.4) is 0 Å². The van der Waals surface area contributed by atoms with Crippen molar-refractivity contribution in [3.63, 3.8) is 0 Å². The van der Waals surface area contributed by atoms with Crippen molar-refractivity contribution in [1.82, 2.24) is 9.62 Å². The molecule has 1 aromatic rings. The topological polar surface area (TPSA) is 84.9 Å². The van der Waals surface area contributed by atoms with Crippen LogP contribution in [0.25, 0.3) is 0 Å². The summed E-state index contributed by atoms with van der Waals surface area (Å²) in [7, 11) is -3.27. The van der Waals surface area contributed by atoms with Gasteiger partial charge >= 0.3 is 0 Å². The van der Waals surface area contributed by atoms with Gasteiger partial charge in [0.15, 0.2) is 11.5 Å². The quantitative estimate of drug-likeness (QED) is 0.878. The zero-order chi connectivity index (χ0) is 15.7. The largest absolute Gasteiger partial charge is 0.454 e. The highest BCUT2D eigenvalue weighted by atomic mass is 32.2. The molecule has 0 radical (unpaired) electrons. The van der Waals surface area contributed by atoms with Crippen LogP contribution in [0.2, 0.25) is 0 Å². The van der Waals surface area contributed by atoms with Crippen molar-refractivity contribution >= 4 is 15.9 Å². The molecule has 1 aromatic carbocycles. The van der Waals surface area contributed by atoms with Crippen LogP contribution in [-0.2, 0) is 10.0 Å². The summed E-state index contributed by atoms with van der Waals surface area (Å²) in [6.45, 7) is 1.16. The van der Waals surface area contributed by atoms with E-state index in [0.29, 0.717) is 30.2 Å². The van der Waals surface area contributed by atoms with Gasteiger partial charge in [0.2, 0.25) is 16.8 Å². The number of fused-ring (bicyclic) bond motifs is 1. The maximum atomic E-state index is 12.6. The fourth-order valence-corrected chi connectivity index (χ4v) is 3.57. The number of hydrogen-bond donors (Lipinski definition) is 1. The predicted octanol–water partition coefficient (Wildman–Crippen LogP) is 0.569. The van der Waals surface area contributed by atoms with Crippen molar-refractivity contribution in [2.24, 2.45) is 0 Å². The maximum absolute atomic E-state index is 12.6. The number of carbonyl (C=O) groups excluding carboxylic acids is 1. The number of sulfonamides is 1. The lowest BCUT2D eigenvalue weighted by molar-refractivity contribution is 0.0702. The molecule has 7 nitrogen and oxygen atoms in total. The summed E-state index contributed by atoms with van der Waals surface area (Å²) in [6, 6.07) is 4.84. The van der Waals surface area contributed by atoms with Crippen molar-refractivity contribution in [2.45, 2.75) is 18.9 Å². The molecule has 1 fully saturated rings. The Balaban J connectivity index is 1.71. The van der Waals surface area contributed by atoms with Crippen molar-refractivity contribution < 1.29 is 22.7 Å². The fourth-order valence-electron chi connectivity index (χ4n) is 2.77. The zero-order valence-corrected chi connectivity index (χ0v) is 13.1. The van der Waals surface area contributed by atoms with E-state index in [1.165, 1.54) is 0 Å². The number of rotatable bonds is 3. The molecule has 0 bridgehead atoms. The van der Waals surface area contributed by atoms with E-state index in [0.717, 1.165) is 19.1 Å². The van der Waals surface area contributed by atoms with E-state index in [9.17, 15) is 13.2 Å². The molecular formula is C14H18N2O5S. The number of nitrogens with one attached hydrogen (secondary N) is 1. The average Bonchev–Trinajstić information content (AvgIpc) is 2.92. The van der Waals surface area contributed by atoms with Gasteiger partial charge in [-0.3, -0.25) is 4.79 Å². The maximum Gasteiger partial charge on any atom is 0.254 e. The number of hydrogen-bond acceptors (Lipinski definition) is 5. The van der Waals surface area contributed by atoms with Crippen molar-refractivity contribution in [1.29, 1.82) is 0 Å². The van der Waals surface area contributed by atoms with Crippen LogP contribution >= 0.6 is 0 Å². The van der Waals surface area contributed by atoms with E-state index in [2.05, 4.69) is 4.72 Å². The molecule has 1 amide bonds. The first kappa shape index (κ1) is 15.1. The number of piperidine rings is 1. The Hall–Kier alpha value is -1.80. The Labute approximate surface area is 129 Å². The first-order valence-corrected chi connectivity index (χ1v) is 8.98. The predicted molar refractivity (Wildman–Crippen MR) is 79.5 cm³/mol. The highest BCUT2D eigenvalue weighted by Gasteiger charge is 2.27. The van der Waals surface area contributed by atoms with Gasteiger partial charge in [-0.05, 0) is 31.0 Å². The van der Waals surface area contributed by atoms with Gasteiger partial charge in [0, 0.05) is 24.7 Å². The molecular weight excluding hydrogens is 308 g/mol. The molecule has 120 valence electrons. The van der Waals surface area contributed by atoms with Crippen LogP contribution in [0, 0.1) is 0 Å². The Morgan fingerprint density at radius 3 is 2.86 bits per heavy atom. The molecule has 2 aliphatic heterocycles. The minimum absolute atomic E-state index is 0.127. The molecule has 0 aromatic heterocycles. The van der Waals surface area contributed by atoms with Gasteiger partial charge in [-0.15, -0.1) is 0 Å².